The average molecular weight is 217 g/mol. The summed E-state index contributed by atoms with van der Waals surface area (Å²) < 4.78 is 0. The van der Waals surface area contributed by atoms with Gasteiger partial charge < -0.3 is 5.32 Å². The molecule has 0 amide bonds. The number of benzene rings is 1. The van der Waals surface area contributed by atoms with Crippen LogP contribution in [0.5, 0.6) is 0 Å². The van der Waals surface area contributed by atoms with Crippen molar-refractivity contribution >= 4 is 5.78 Å². The zero-order valence-corrected chi connectivity index (χ0v) is 9.99. The Hall–Kier alpha value is -1.15. The highest BCUT2D eigenvalue weighted by molar-refractivity contribution is 5.94. The molecule has 0 bridgehead atoms. The number of hydrogen-bond donors (Lipinski definition) is 1. The number of ketones is 1. The van der Waals surface area contributed by atoms with Crippen LogP contribution < -0.4 is 5.32 Å². The molecule has 0 radical (unpaired) electrons. The molecule has 2 unspecified atom stereocenters. The highest BCUT2D eigenvalue weighted by Gasteiger charge is 2.18. The molecule has 1 aliphatic heterocycles. The van der Waals surface area contributed by atoms with Crippen molar-refractivity contribution in [3.8, 4) is 0 Å². The van der Waals surface area contributed by atoms with E-state index in [4.69, 9.17) is 0 Å². The van der Waals surface area contributed by atoms with Crippen molar-refractivity contribution in [3.63, 3.8) is 0 Å². The van der Waals surface area contributed by atoms with Crippen molar-refractivity contribution in [2.24, 2.45) is 0 Å². The van der Waals surface area contributed by atoms with E-state index in [2.05, 4.69) is 24.4 Å². The summed E-state index contributed by atoms with van der Waals surface area (Å²) in [6.07, 6.45) is 2.48. The lowest BCUT2D eigenvalue weighted by Crippen LogP contribution is -2.35. The first-order valence-corrected chi connectivity index (χ1v) is 6.01. The maximum atomic E-state index is 11.2. The van der Waals surface area contributed by atoms with E-state index in [9.17, 15) is 4.79 Å². The standard InChI is InChI=1S/C14H19NO/c1-10-3-4-14(9-15-10)13-7-5-12(6-8-13)11(2)16/h5-8,10,14-15H,3-4,9H2,1-2H3. The fourth-order valence-electron chi connectivity index (χ4n) is 2.27. The van der Waals surface area contributed by atoms with Crippen LogP contribution in [0.4, 0.5) is 0 Å². The van der Waals surface area contributed by atoms with Gasteiger partial charge in [-0.15, -0.1) is 0 Å². The predicted molar refractivity (Wildman–Crippen MR) is 65.9 cm³/mol. The van der Waals surface area contributed by atoms with Crippen LogP contribution in [0.1, 0.15) is 48.5 Å². The van der Waals surface area contributed by atoms with E-state index in [1.807, 2.05) is 12.1 Å². The second-order valence-corrected chi connectivity index (χ2v) is 4.76. The quantitative estimate of drug-likeness (QED) is 0.772. The Balaban J connectivity index is 2.07. The Morgan fingerprint density at radius 3 is 2.44 bits per heavy atom. The van der Waals surface area contributed by atoms with Crippen LogP contribution in [-0.4, -0.2) is 18.4 Å². The van der Waals surface area contributed by atoms with Crippen LogP contribution in [0.3, 0.4) is 0 Å². The van der Waals surface area contributed by atoms with E-state index in [0.29, 0.717) is 12.0 Å². The highest BCUT2D eigenvalue weighted by Crippen LogP contribution is 2.25. The molecule has 1 fully saturated rings. The number of rotatable bonds is 2. The first kappa shape index (κ1) is 11.3. The van der Waals surface area contributed by atoms with Crippen molar-refractivity contribution in [1.29, 1.82) is 0 Å². The molecule has 1 heterocycles. The molecule has 2 atom stereocenters. The second-order valence-electron chi connectivity index (χ2n) is 4.76. The first-order chi connectivity index (χ1) is 7.66. The fourth-order valence-corrected chi connectivity index (χ4v) is 2.27. The monoisotopic (exact) mass is 217 g/mol. The van der Waals surface area contributed by atoms with Crippen molar-refractivity contribution in [2.45, 2.75) is 38.6 Å². The van der Waals surface area contributed by atoms with Crippen LogP contribution in [0.15, 0.2) is 24.3 Å². The van der Waals surface area contributed by atoms with Gasteiger partial charge in [0.05, 0.1) is 0 Å². The van der Waals surface area contributed by atoms with Gasteiger partial charge in [0.25, 0.3) is 0 Å². The number of Topliss-reactive ketones (excluding diaryl/α,β-unsaturated/α-hetero) is 1. The molecular weight excluding hydrogens is 198 g/mol. The van der Waals surface area contributed by atoms with E-state index in [-0.39, 0.29) is 5.78 Å². The van der Waals surface area contributed by atoms with Gasteiger partial charge >= 0.3 is 0 Å². The molecule has 0 saturated carbocycles. The summed E-state index contributed by atoms with van der Waals surface area (Å²) in [4.78, 5) is 11.2. The van der Waals surface area contributed by atoms with Gasteiger partial charge in [-0.3, -0.25) is 4.79 Å². The minimum atomic E-state index is 0.141. The summed E-state index contributed by atoms with van der Waals surface area (Å²) in [6.45, 7) is 4.90. The molecule has 0 spiro atoms. The first-order valence-electron chi connectivity index (χ1n) is 6.01. The van der Waals surface area contributed by atoms with Crippen LogP contribution in [0.2, 0.25) is 0 Å². The fraction of sp³-hybridized carbons (Fsp3) is 0.500. The summed E-state index contributed by atoms with van der Waals surface area (Å²) in [6, 6.07) is 8.72. The van der Waals surface area contributed by atoms with Crippen LogP contribution in [-0.2, 0) is 0 Å². The molecule has 1 aromatic carbocycles. The number of nitrogens with one attached hydrogen (secondary N) is 1. The molecule has 0 aliphatic carbocycles. The van der Waals surface area contributed by atoms with E-state index in [1.54, 1.807) is 6.92 Å². The highest BCUT2D eigenvalue weighted by atomic mass is 16.1. The third kappa shape index (κ3) is 2.50. The lowest BCUT2D eigenvalue weighted by Gasteiger charge is -2.28. The maximum absolute atomic E-state index is 11.2. The normalized spacial score (nSPS) is 25.4. The summed E-state index contributed by atoms with van der Waals surface area (Å²) in [5.74, 6) is 0.749. The number of hydrogen-bond acceptors (Lipinski definition) is 2. The maximum Gasteiger partial charge on any atom is 0.159 e. The molecule has 2 rings (SSSR count). The molecule has 2 heteroatoms. The second kappa shape index (κ2) is 4.79. The Morgan fingerprint density at radius 1 is 1.25 bits per heavy atom. The molecule has 0 aromatic heterocycles. The molecule has 1 saturated heterocycles. The van der Waals surface area contributed by atoms with Gasteiger partial charge in [-0.05, 0) is 38.2 Å². The Morgan fingerprint density at radius 2 is 1.94 bits per heavy atom. The zero-order chi connectivity index (χ0) is 11.5. The minimum absolute atomic E-state index is 0.141. The summed E-state index contributed by atoms with van der Waals surface area (Å²) in [7, 11) is 0. The predicted octanol–water partition coefficient (Wildman–Crippen LogP) is 2.74. The third-order valence-electron chi connectivity index (χ3n) is 3.45. The van der Waals surface area contributed by atoms with Crippen molar-refractivity contribution in [1.82, 2.24) is 5.32 Å². The van der Waals surface area contributed by atoms with Gasteiger partial charge in [0.2, 0.25) is 0 Å². The zero-order valence-electron chi connectivity index (χ0n) is 9.99. The molecule has 2 nitrogen and oxygen atoms in total. The number of piperidine rings is 1. The molecule has 16 heavy (non-hydrogen) atoms. The lowest BCUT2D eigenvalue weighted by molar-refractivity contribution is 0.101. The molecule has 86 valence electrons. The third-order valence-corrected chi connectivity index (χ3v) is 3.45. The van der Waals surface area contributed by atoms with E-state index in [1.165, 1.54) is 18.4 Å². The van der Waals surface area contributed by atoms with Crippen molar-refractivity contribution in [2.75, 3.05) is 6.54 Å². The largest absolute Gasteiger partial charge is 0.314 e. The summed E-state index contributed by atoms with van der Waals surface area (Å²) >= 11 is 0. The summed E-state index contributed by atoms with van der Waals surface area (Å²) in [5.41, 5.74) is 2.16. The van der Waals surface area contributed by atoms with Crippen molar-refractivity contribution < 1.29 is 4.79 Å². The molecule has 1 aliphatic rings. The minimum Gasteiger partial charge on any atom is -0.314 e. The Bertz CT molecular complexity index is 361. The lowest BCUT2D eigenvalue weighted by atomic mass is 9.88. The molecule has 1 aromatic rings. The molecular formula is C14H19NO. The Kier molecular flexibility index (Phi) is 3.39. The average Bonchev–Trinajstić information content (AvgIpc) is 2.30. The number of carbonyl (C=O) groups is 1. The topological polar surface area (TPSA) is 29.1 Å². The number of carbonyl (C=O) groups excluding carboxylic acids is 1. The van der Waals surface area contributed by atoms with Crippen LogP contribution >= 0.6 is 0 Å². The SMILES string of the molecule is CC(=O)c1ccc(C2CCC(C)NC2)cc1. The van der Waals surface area contributed by atoms with Gasteiger partial charge in [-0.1, -0.05) is 24.3 Å². The summed E-state index contributed by atoms with van der Waals surface area (Å²) in [5, 5.41) is 3.50. The van der Waals surface area contributed by atoms with E-state index in [0.717, 1.165) is 12.1 Å². The van der Waals surface area contributed by atoms with Gasteiger partial charge in [-0.2, -0.15) is 0 Å². The van der Waals surface area contributed by atoms with Gasteiger partial charge in [0.1, 0.15) is 0 Å². The van der Waals surface area contributed by atoms with E-state index >= 15 is 0 Å². The van der Waals surface area contributed by atoms with Gasteiger partial charge in [-0.25, -0.2) is 0 Å². The van der Waals surface area contributed by atoms with E-state index < -0.39 is 0 Å². The van der Waals surface area contributed by atoms with Crippen LogP contribution in [0, 0.1) is 0 Å². The molecule has 1 N–H and O–H groups in total. The Labute approximate surface area is 97.1 Å². The van der Waals surface area contributed by atoms with Crippen LogP contribution in [0.25, 0.3) is 0 Å². The van der Waals surface area contributed by atoms with Gasteiger partial charge in [0.15, 0.2) is 5.78 Å². The van der Waals surface area contributed by atoms with Gasteiger partial charge in [0, 0.05) is 18.2 Å². The van der Waals surface area contributed by atoms with Crippen molar-refractivity contribution in [3.05, 3.63) is 35.4 Å². The smallest absolute Gasteiger partial charge is 0.159 e.